The first-order chi connectivity index (χ1) is 11.4. The highest BCUT2D eigenvalue weighted by molar-refractivity contribution is 8.01. The lowest BCUT2D eigenvalue weighted by atomic mass is 10.1. The normalized spacial score (nSPS) is 20.0. The molecule has 0 aliphatic carbocycles. The number of amides is 2. The number of rotatable bonds is 4. The van der Waals surface area contributed by atoms with Crippen LogP contribution in [0.4, 0.5) is 0 Å². The summed E-state index contributed by atoms with van der Waals surface area (Å²) in [5, 5.41) is 5.70. The minimum absolute atomic E-state index is 0.0975. The van der Waals surface area contributed by atoms with Crippen molar-refractivity contribution < 1.29 is 9.59 Å². The summed E-state index contributed by atoms with van der Waals surface area (Å²) in [7, 11) is 0. The Hall–Kier alpha value is -2.02. The number of benzene rings is 1. The Balaban J connectivity index is 1.68. The fourth-order valence-corrected chi connectivity index (χ4v) is 3.78. The van der Waals surface area contributed by atoms with E-state index in [1.807, 2.05) is 38.1 Å². The molecular weight excluding hydrogens is 324 g/mol. The van der Waals surface area contributed by atoms with Gasteiger partial charge in [0.1, 0.15) is 11.9 Å². The van der Waals surface area contributed by atoms with Crippen molar-refractivity contribution in [1.82, 2.24) is 20.2 Å². The molecule has 0 saturated carbocycles. The second kappa shape index (κ2) is 6.47. The van der Waals surface area contributed by atoms with E-state index in [0.29, 0.717) is 12.3 Å². The summed E-state index contributed by atoms with van der Waals surface area (Å²) in [6.45, 7) is 6.92. The van der Waals surface area contributed by atoms with E-state index in [9.17, 15) is 9.59 Å². The third-order valence-corrected chi connectivity index (χ3v) is 5.66. The zero-order valence-corrected chi connectivity index (χ0v) is 14.9. The molecule has 0 bridgehead atoms. The van der Waals surface area contributed by atoms with Crippen LogP contribution in [0.5, 0.6) is 0 Å². The molecule has 2 heterocycles. The third-order valence-electron chi connectivity index (χ3n) is 4.25. The molecule has 1 aliphatic rings. The number of carbonyl (C=O) groups excluding carboxylic acids is 2. The SMILES string of the molecule is CCn1c(CNC(=O)C2CSC(C)(C)C(=O)N2)nc2ccccc21. The Morgan fingerprint density at radius 2 is 2.21 bits per heavy atom. The standard InChI is InChI=1S/C17H22N4O2S/c1-4-21-13-8-6-5-7-11(13)19-14(21)9-18-15(22)12-10-24-17(2,3)16(23)20-12/h5-8,12H,4,9-10H2,1-3H3,(H,18,22)(H,20,23). The Morgan fingerprint density at radius 1 is 1.46 bits per heavy atom. The van der Waals surface area contributed by atoms with Crippen LogP contribution in [0.2, 0.25) is 0 Å². The zero-order valence-electron chi connectivity index (χ0n) is 14.1. The lowest BCUT2D eigenvalue weighted by molar-refractivity contribution is -0.129. The molecule has 6 nitrogen and oxygen atoms in total. The summed E-state index contributed by atoms with van der Waals surface area (Å²) in [6.07, 6.45) is 0. The number of hydrogen-bond acceptors (Lipinski definition) is 4. The van der Waals surface area contributed by atoms with Crippen LogP contribution in [0.15, 0.2) is 24.3 Å². The molecule has 2 amide bonds. The van der Waals surface area contributed by atoms with E-state index in [2.05, 4.69) is 27.1 Å². The number of imidazole rings is 1. The quantitative estimate of drug-likeness (QED) is 0.883. The fraction of sp³-hybridized carbons (Fsp3) is 0.471. The van der Waals surface area contributed by atoms with E-state index in [1.54, 1.807) is 0 Å². The predicted octanol–water partition coefficient (Wildman–Crippen LogP) is 1.68. The van der Waals surface area contributed by atoms with Crippen molar-refractivity contribution in [2.45, 2.75) is 44.6 Å². The van der Waals surface area contributed by atoms with Gasteiger partial charge < -0.3 is 15.2 Å². The van der Waals surface area contributed by atoms with Gasteiger partial charge in [-0.2, -0.15) is 0 Å². The largest absolute Gasteiger partial charge is 0.347 e. The molecule has 1 fully saturated rings. The van der Waals surface area contributed by atoms with Crippen LogP contribution in [0.25, 0.3) is 11.0 Å². The van der Waals surface area contributed by atoms with Gasteiger partial charge in [0.2, 0.25) is 11.8 Å². The summed E-state index contributed by atoms with van der Waals surface area (Å²) in [5.41, 5.74) is 1.99. The number of nitrogens with one attached hydrogen (secondary N) is 2. The molecule has 0 spiro atoms. The number of aromatic nitrogens is 2. The molecule has 7 heteroatoms. The van der Waals surface area contributed by atoms with Crippen molar-refractivity contribution in [1.29, 1.82) is 0 Å². The van der Waals surface area contributed by atoms with Crippen molar-refractivity contribution in [3.63, 3.8) is 0 Å². The van der Waals surface area contributed by atoms with Gasteiger partial charge in [-0.3, -0.25) is 9.59 Å². The average molecular weight is 346 g/mol. The molecule has 3 rings (SSSR count). The molecule has 1 aromatic carbocycles. The summed E-state index contributed by atoms with van der Waals surface area (Å²) in [4.78, 5) is 29.0. The minimum atomic E-state index is -0.491. The Kier molecular flexibility index (Phi) is 4.54. The molecular formula is C17H22N4O2S. The van der Waals surface area contributed by atoms with Gasteiger partial charge in [-0.05, 0) is 32.9 Å². The molecule has 1 saturated heterocycles. The van der Waals surface area contributed by atoms with Crippen LogP contribution < -0.4 is 10.6 Å². The summed E-state index contributed by atoms with van der Waals surface area (Å²) >= 11 is 1.50. The van der Waals surface area contributed by atoms with Crippen molar-refractivity contribution in [2.24, 2.45) is 0 Å². The van der Waals surface area contributed by atoms with Crippen LogP contribution in [0, 0.1) is 0 Å². The van der Waals surface area contributed by atoms with Crippen LogP contribution in [0.1, 0.15) is 26.6 Å². The fourth-order valence-electron chi connectivity index (χ4n) is 2.77. The maximum Gasteiger partial charge on any atom is 0.243 e. The Morgan fingerprint density at radius 3 is 2.92 bits per heavy atom. The topological polar surface area (TPSA) is 76.0 Å². The minimum Gasteiger partial charge on any atom is -0.347 e. The van der Waals surface area contributed by atoms with Gasteiger partial charge in [0.25, 0.3) is 0 Å². The monoisotopic (exact) mass is 346 g/mol. The van der Waals surface area contributed by atoms with Gasteiger partial charge in [-0.25, -0.2) is 4.98 Å². The maximum atomic E-state index is 12.4. The molecule has 1 aromatic heterocycles. The number of carbonyl (C=O) groups is 2. The van der Waals surface area contributed by atoms with E-state index >= 15 is 0 Å². The molecule has 2 aromatic rings. The molecule has 24 heavy (non-hydrogen) atoms. The average Bonchev–Trinajstić information content (AvgIpc) is 2.92. The second-order valence-electron chi connectivity index (χ2n) is 6.33. The van der Waals surface area contributed by atoms with Crippen LogP contribution in [-0.2, 0) is 22.7 Å². The highest BCUT2D eigenvalue weighted by atomic mass is 32.2. The smallest absolute Gasteiger partial charge is 0.243 e. The maximum absolute atomic E-state index is 12.4. The van der Waals surface area contributed by atoms with Crippen LogP contribution in [-0.4, -0.2) is 37.9 Å². The lowest BCUT2D eigenvalue weighted by Crippen LogP contribution is -2.57. The molecule has 1 unspecified atom stereocenters. The predicted molar refractivity (Wildman–Crippen MR) is 95.7 cm³/mol. The number of aryl methyl sites for hydroxylation is 1. The van der Waals surface area contributed by atoms with Crippen molar-refractivity contribution >= 4 is 34.6 Å². The highest BCUT2D eigenvalue weighted by Crippen LogP contribution is 2.29. The van der Waals surface area contributed by atoms with E-state index in [-0.39, 0.29) is 11.8 Å². The first kappa shape index (κ1) is 16.8. The molecule has 0 radical (unpaired) electrons. The zero-order chi connectivity index (χ0) is 17.3. The highest BCUT2D eigenvalue weighted by Gasteiger charge is 2.37. The van der Waals surface area contributed by atoms with Gasteiger partial charge in [0.05, 0.1) is 22.3 Å². The van der Waals surface area contributed by atoms with Gasteiger partial charge in [0, 0.05) is 12.3 Å². The van der Waals surface area contributed by atoms with Gasteiger partial charge in [-0.1, -0.05) is 12.1 Å². The van der Waals surface area contributed by atoms with Gasteiger partial charge in [0.15, 0.2) is 0 Å². The van der Waals surface area contributed by atoms with E-state index in [1.165, 1.54) is 11.8 Å². The van der Waals surface area contributed by atoms with Gasteiger partial charge in [-0.15, -0.1) is 11.8 Å². The number of nitrogens with zero attached hydrogens (tertiary/aromatic N) is 2. The molecule has 1 atom stereocenters. The summed E-state index contributed by atoms with van der Waals surface area (Å²) < 4.78 is 1.61. The molecule has 2 N–H and O–H groups in total. The molecule has 1 aliphatic heterocycles. The van der Waals surface area contributed by atoms with Crippen molar-refractivity contribution in [3.05, 3.63) is 30.1 Å². The van der Waals surface area contributed by atoms with Crippen LogP contribution in [0.3, 0.4) is 0 Å². The Bertz CT molecular complexity index is 784. The second-order valence-corrected chi connectivity index (χ2v) is 7.97. The van der Waals surface area contributed by atoms with Crippen molar-refractivity contribution in [3.8, 4) is 0 Å². The summed E-state index contributed by atoms with van der Waals surface area (Å²) in [6, 6.07) is 7.43. The number of fused-ring (bicyclic) bond motifs is 1. The number of hydrogen-bond donors (Lipinski definition) is 2. The van der Waals surface area contributed by atoms with E-state index in [4.69, 9.17) is 0 Å². The van der Waals surface area contributed by atoms with Crippen LogP contribution >= 0.6 is 11.8 Å². The number of thioether (sulfide) groups is 1. The van der Waals surface area contributed by atoms with E-state index in [0.717, 1.165) is 23.4 Å². The lowest BCUT2D eigenvalue weighted by Gasteiger charge is -2.32. The number of para-hydroxylation sites is 2. The summed E-state index contributed by atoms with van der Waals surface area (Å²) in [5.74, 6) is 1.14. The molecule has 128 valence electrons. The Labute approximate surface area is 145 Å². The first-order valence-electron chi connectivity index (χ1n) is 8.09. The third kappa shape index (κ3) is 3.13. The van der Waals surface area contributed by atoms with E-state index < -0.39 is 10.8 Å². The first-order valence-corrected chi connectivity index (χ1v) is 9.07. The van der Waals surface area contributed by atoms with Crippen molar-refractivity contribution in [2.75, 3.05) is 5.75 Å². The van der Waals surface area contributed by atoms with Gasteiger partial charge >= 0.3 is 0 Å².